The van der Waals surface area contributed by atoms with Crippen molar-refractivity contribution in [1.29, 1.82) is 0 Å². The number of quaternary nitrogens is 1. The molecule has 0 bridgehead atoms. The molecule has 0 heterocycles. The summed E-state index contributed by atoms with van der Waals surface area (Å²) in [7, 11) is 4.03. The summed E-state index contributed by atoms with van der Waals surface area (Å²) in [5.41, 5.74) is 5.17. The van der Waals surface area contributed by atoms with E-state index >= 15 is 0 Å². The van der Waals surface area contributed by atoms with Crippen molar-refractivity contribution in [2.24, 2.45) is 0 Å². The van der Waals surface area contributed by atoms with Crippen LogP contribution in [0.2, 0.25) is 0 Å². The zero-order chi connectivity index (χ0) is 21.4. The quantitative estimate of drug-likeness (QED) is 0.601. The third-order valence-corrected chi connectivity index (χ3v) is 5.01. The maximum Gasteiger partial charge on any atom is 0.275 e. The summed E-state index contributed by atoms with van der Waals surface area (Å²) in [6.45, 7) is 7.88. The van der Waals surface area contributed by atoms with Crippen LogP contribution in [0.4, 0.5) is 11.4 Å². The molecule has 0 fully saturated rings. The second-order valence-electron chi connectivity index (χ2n) is 7.61. The van der Waals surface area contributed by atoms with Gasteiger partial charge in [-0.15, -0.1) is 0 Å². The Hall–Kier alpha value is -2.86. The number of para-hydroxylation sites is 1. The number of nitrogens with zero attached hydrogens (tertiary/aromatic N) is 1. The predicted octanol–water partition coefficient (Wildman–Crippen LogP) is 1.53. The van der Waals surface area contributed by atoms with E-state index in [-0.39, 0.29) is 18.4 Å². The van der Waals surface area contributed by atoms with E-state index in [1.54, 1.807) is 0 Å². The van der Waals surface area contributed by atoms with Gasteiger partial charge in [-0.2, -0.15) is 0 Å². The van der Waals surface area contributed by atoms with E-state index in [1.165, 1.54) is 5.56 Å². The molecule has 2 aromatic carbocycles. The standard InChI is InChI=1S/C23H32N4O2/c1-6-27(15-19-10-12-20(13-11-19)26(4)5)16-22(29)24-14-21(28)25-23-17(2)8-7-9-18(23)3/h7-13H,6,14-16H2,1-5H3,(H,24,29)(H,25,28)/p+1. The van der Waals surface area contributed by atoms with Crippen molar-refractivity contribution in [2.45, 2.75) is 27.3 Å². The lowest BCUT2D eigenvalue weighted by atomic mass is 10.1. The summed E-state index contributed by atoms with van der Waals surface area (Å²) < 4.78 is 0. The second-order valence-corrected chi connectivity index (χ2v) is 7.61. The lowest BCUT2D eigenvalue weighted by molar-refractivity contribution is -0.904. The summed E-state index contributed by atoms with van der Waals surface area (Å²) in [4.78, 5) is 27.7. The molecule has 2 aromatic rings. The number of anilines is 2. The normalized spacial score (nSPS) is 11.6. The summed E-state index contributed by atoms with van der Waals surface area (Å²) in [6, 6.07) is 14.2. The van der Waals surface area contributed by atoms with Crippen molar-refractivity contribution in [1.82, 2.24) is 5.32 Å². The van der Waals surface area contributed by atoms with Gasteiger partial charge in [0.2, 0.25) is 5.91 Å². The monoisotopic (exact) mass is 397 g/mol. The number of carbonyl (C=O) groups is 2. The molecule has 29 heavy (non-hydrogen) atoms. The van der Waals surface area contributed by atoms with Gasteiger partial charge >= 0.3 is 0 Å². The van der Waals surface area contributed by atoms with Crippen molar-refractivity contribution in [3.05, 3.63) is 59.2 Å². The Morgan fingerprint density at radius 3 is 2.14 bits per heavy atom. The first-order valence-electron chi connectivity index (χ1n) is 10.0. The fourth-order valence-corrected chi connectivity index (χ4v) is 3.18. The smallest absolute Gasteiger partial charge is 0.275 e. The van der Waals surface area contributed by atoms with Gasteiger partial charge in [0, 0.05) is 31.0 Å². The van der Waals surface area contributed by atoms with E-state index in [2.05, 4.69) is 46.7 Å². The van der Waals surface area contributed by atoms with Crippen LogP contribution in [0.3, 0.4) is 0 Å². The molecule has 0 radical (unpaired) electrons. The summed E-state index contributed by atoms with van der Waals surface area (Å²) in [5.74, 6) is -0.337. The molecular weight excluding hydrogens is 364 g/mol. The van der Waals surface area contributed by atoms with E-state index < -0.39 is 0 Å². The molecule has 1 atom stereocenters. The van der Waals surface area contributed by atoms with Gasteiger partial charge in [-0.05, 0) is 44.0 Å². The zero-order valence-electron chi connectivity index (χ0n) is 18.1. The van der Waals surface area contributed by atoms with Gasteiger partial charge in [0.1, 0.15) is 6.54 Å². The summed E-state index contributed by atoms with van der Waals surface area (Å²) in [5, 5.41) is 5.63. The first-order chi connectivity index (χ1) is 13.8. The van der Waals surface area contributed by atoms with Crippen molar-refractivity contribution in [3.63, 3.8) is 0 Å². The number of benzene rings is 2. The largest absolute Gasteiger partial charge is 0.378 e. The van der Waals surface area contributed by atoms with Gasteiger partial charge in [-0.25, -0.2) is 0 Å². The van der Waals surface area contributed by atoms with E-state index in [0.29, 0.717) is 6.54 Å². The van der Waals surface area contributed by atoms with Crippen LogP contribution in [-0.4, -0.2) is 45.5 Å². The Kier molecular flexibility index (Phi) is 8.21. The highest BCUT2D eigenvalue weighted by Crippen LogP contribution is 2.19. The van der Waals surface area contributed by atoms with Crippen LogP contribution < -0.4 is 20.4 Å². The predicted molar refractivity (Wildman–Crippen MR) is 118 cm³/mol. The third kappa shape index (κ3) is 6.91. The summed E-state index contributed by atoms with van der Waals surface area (Å²) in [6.07, 6.45) is 0. The average Bonchev–Trinajstić information content (AvgIpc) is 2.69. The molecule has 2 rings (SSSR count). The number of rotatable bonds is 9. The average molecular weight is 398 g/mol. The Morgan fingerprint density at radius 1 is 0.966 bits per heavy atom. The van der Waals surface area contributed by atoms with E-state index in [4.69, 9.17) is 0 Å². The second kappa shape index (κ2) is 10.6. The molecular formula is C23H33N4O2+. The highest BCUT2D eigenvalue weighted by Gasteiger charge is 2.15. The van der Waals surface area contributed by atoms with Gasteiger partial charge in [0.15, 0.2) is 6.54 Å². The van der Waals surface area contributed by atoms with Crippen molar-refractivity contribution < 1.29 is 14.5 Å². The number of hydrogen-bond acceptors (Lipinski definition) is 3. The Labute approximate surface area is 173 Å². The fraction of sp³-hybridized carbons (Fsp3) is 0.391. The van der Waals surface area contributed by atoms with Crippen LogP contribution >= 0.6 is 0 Å². The number of hydrogen-bond donors (Lipinski definition) is 3. The van der Waals surface area contributed by atoms with Crippen LogP contribution in [-0.2, 0) is 16.1 Å². The zero-order valence-corrected chi connectivity index (χ0v) is 18.1. The number of likely N-dealkylation sites (N-methyl/N-ethyl adjacent to an activating group) is 1. The molecule has 2 amide bonds. The number of amides is 2. The van der Waals surface area contributed by atoms with Crippen molar-refractivity contribution >= 4 is 23.2 Å². The minimum absolute atomic E-state index is 0.0267. The van der Waals surface area contributed by atoms with Crippen LogP contribution in [0, 0.1) is 13.8 Å². The van der Waals surface area contributed by atoms with Crippen molar-refractivity contribution in [3.8, 4) is 0 Å². The minimum Gasteiger partial charge on any atom is -0.378 e. The molecule has 3 N–H and O–H groups in total. The number of carbonyl (C=O) groups excluding carboxylic acids is 2. The molecule has 0 aromatic heterocycles. The molecule has 0 saturated carbocycles. The SMILES string of the molecule is CC[NH+](CC(=O)NCC(=O)Nc1c(C)cccc1C)Cc1ccc(N(C)C)cc1. The van der Waals surface area contributed by atoms with Gasteiger partial charge in [-0.3, -0.25) is 9.59 Å². The van der Waals surface area contributed by atoms with Crippen LogP contribution in [0.5, 0.6) is 0 Å². The molecule has 6 heteroatoms. The minimum atomic E-state index is -0.215. The third-order valence-electron chi connectivity index (χ3n) is 5.01. The Bertz CT molecular complexity index is 811. The van der Waals surface area contributed by atoms with Crippen LogP contribution in [0.1, 0.15) is 23.6 Å². The molecule has 0 saturated heterocycles. The first kappa shape index (κ1) is 22.4. The van der Waals surface area contributed by atoms with Gasteiger partial charge in [0.25, 0.3) is 5.91 Å². The van der Waals surface area contributed by atoms with Gasteiger partial charge in [-0.1, -0.05) is 30.3 Å². The highest BCUT2D eigenvalue weighted by molar-refractivity contribution is 5.95. The molecule has 6 nitrogen and oxygen atoms in total. The van der Waals surface area contributed by atoms with Crippen LogP contribution in [0.25, 0.3) is 0 Å². The number of aryl methyl sites for hydroxylation is 2. The topological polar surface area (TPSA) is 65.9 Å². The molecule has 0 spiro atoms. The van der Waals surface area contributed by atoms with Crippen molar-refractivity contribution in [2.75, 3.05) is 43.9 Å². The lowest BCUT2D eigenvalue weighted by Crippen LogP contribution is -3.11. The van der Waals surface area contributed by atoms with E-state index in [0.717, 1.165) is 40.5 Å². The Balaban J connectivity index is 1.82. The highest BCUT2D eigenvalue weighted by atomic mass is 16.2. The first-order valence-corrected chi connectivity index (χ1v) is 10.0. The molecule has 156 valence electrons. The summed E-state index contributed by atoms with van der Waals surface area (Å²) >= 11 is 0. The molecule has 1 unspecified atom stereocenters. The Morgan fingerprint density at radius 2 is 1.59 bits per heavy atom. The maximum atomic E-state index is 12.3. The lowest BCUT2D eigenvalue weighted by Gasteiger charge is -2.18. The molecule has 0 aliphatic heterocycles. The molecule has 0 aliphatic rings. The fourth-order valence-electron chi connectivity index (χ4n) is 3.18. The van der Waals surface area contributed by atoms with E-state index in [9.17, 15) is 9.59 Å². The molecule has 0 aliphatic carbocycles. The van der Waals surface area contributed by atoms with Gasteiger partial charge in [0.05, 0.1) is 13.1 Å². The van der Waals surface area contributed by atoms with E-state index in [1.807, 2.05) is 46.1 Å². The maximum absolute atomic E-state index is 12.3. The van der Waals surface area contributed by atoms with Gasteiger partial charge < -0.3 is 20.4 Å². The van der Waals surface area contributed by atoms with Crippen LogP contribution in [0.15, 0.2) is 42.5 Å². The number of nitrogens with one attached hydrogen (secondary N) is 3.